The van der Waals surface area contributed by atoms with Crippen LogP contribution in [-0.4, -0.2) is 43.4 Å². The first kappa shape index (κ1) is 20.2. The summed E-state index contributed by atoms with van der Waals surface area (Å²) in [6.07, 6.45) is 0. The van der Waals surface area contributed by atoms with E-state index in [0.717, 1.165) is 48.3 Å². The molecule has 0 radical (unpaired) electrons. The molecule has 1 saturated heterocycles. The minimum absolute atomic E-state index is 0.0462. The lowest BCUT2D eigenvalue weighted by molar-refractivity contribution is -0.115. The van der Waals surface area contributed by atoms with Crippen molar-refractivity contribution in [1.82, 2.24) is 0 Å². The Balaban J connectivity index is 1.52. The number of morpholine rings is 1. The van der Waals surface area contributed by atoms with Gasteiger partial charge in [-0.25, -0.2) is 0 Å². The fraction of sp³-hybridized carbons (Fsp3) is 0.333. The normalized spacial score (nSPS) is 15.0. The monoisotopic (exact) mass is 399 g/mol. The standard InChI is InChI=1S/C21H25N3O3S/c1-15(28-20-9-5-17(6-10-20)22-16(2)25)21(26)23-18-3-7-19(8-4-18)24-11-13-27-14-12-24/h3-10,15H,11-14H2,1-2H3,(H,22,25)(H,23,26)/t15-/m1/s1. The highest BCUT2D eigenvalue weighted by Crippen LogP contribution is 2.26. The predicted molar refractivity (Wildman–Crippen MR) is 114 cm³/mol. The van der Waals surface area contributed by atoms with Crippen LogP contribution in [-0.2, 0) is 14.3 Å². The van der Waals surface area contributed by atoms with Gasteiger partial charge in [-0.2, -0.15) is 0 Å². The number of nitrogens with zero attached hydrogens (tertiary/aromatic N) is 1. The molecule has 1 atom stereocenters. The molecule has 2 aromatic rings. The van der Waals surface area contributed by atoms with Gasteiger partial charge in [0.2, 0.25) is 11.8 Å². The molecule has 0 bridgehead atoms. The van der Waals surface area contributed by atoms with Gasteiger partial charge in [0.25, 0.3) is 0 Å². The fourth-order valence-corrected chi connectivity index (χ4v) is 3.77. The molecule has 6 nitrogen and oxygen atoms in total. The molecule has 2 aromatic carbocycles. The SMILES string of the molecule is CC(=O)Nc1ccc(S[C@H](C)C(=O)Nc2ccc(N3CCOCC3)cc2)cc1. The summed E-state index contributed by atoms with van der Waals surface area (Å²) < 4.78 is 5.38. The van der Waals surface area contributed by atoms with E-state index in [9.17, 15) is 9.59 Å². The molecule has 0 aromatic heterocycles. The molecule has 1 aliphatic heterocycles. The Morgan fingerprint density at radius 3 is 2.14 bits per heavy atom. The molecule has 3 rings (SSSR count). The van der Waals surface area contributed by atoms with E-state index in [1.807, 2.05) is 55.5 Å². The topological polar surface area (TPSA) is 70.7 Å². The van der Waals surface area contributed by atoms with E-state index in [1.165, 1.54) is 18.7 Å². The molecule has 1 aliphatic rings. The van der Waals surface area contributed by atoms with Gasteiger partial charge in [0, 0.05) is 42.0 Å². The third kappa shape index (κ3) is 5.74. The van der Waals surface area contributed by atoms with Crippen molar-refractivity contribution in [3.05, 3.63) is 48.5 Å². The van der Waals surface area contributed by atoms with E-state index in [1.54, 1.807) is 0 Å². The highest BCUT2D eigenvalue weighted by molar-refractivity contribution is 8.00. The molecule has 0 aliphatic carbocycles. The Bertz CT molecular complexity index is 803. The van der Waals surface area contributed by atoms with Crippen molar-refractivity contribution >= 4 is 40.6 Å². The number of nitrogens with one attached hydrogen (secondary N) is 2. The third-order valence-electron chi connectivity index (χ3n) is 4.37. The van der Waals surface area contributed by atoms with Gasteiger partial charge in [-0.3, -0.25) is 9.59 Å². The number of amides is 2. The van der Waals surface area contributed by atoms with Crippen LogP contribution < -0.4 is 15.5 Å². The summed E-state index contributed by atoms with van der Waals surface area (Å²) >= 11 is 1.48. The minimum atomic E-state index is -0.245. The number of carbonyl (C=O) groups is 2. The summed E-state index contributed by atoms with van der Waals surface area (Å²) in [6, 6.07) is 15.4. The smallest absolute Gasteiger partial charge is 0.237 e. The van der Waals surface area contributed by atoms with Crippen LogP contribution in [0.5, 0.6) is 0 Å². The third-order valence-corrected chi connectivity index (χ3v) is 5.48. The summed E-state index contributed by atoms with van der Waals surface area (Å²) in [5.41, 5.74) is 2.67. The van der Waals surface area contributed by atoms with Crippen molar-refractivity contribution in [1.29, 1.82) is 0 Å². The van der Waals surface area contributed by atoms with E-state index in [2.05, 4.69) is 15.5 Å². The summed E-state index contributed by atoms with van der Waals surface area (Å²) in [6.45, 7) is 6.63. The zero-order chi connectivity index (χ0) is 19.9. The Morgan fingerprint density at radius 1 is 0.964 bits per heavy atom. The number of rotatable bonds is 6. The second-order valence-corrected chi connectivity index (χ2v) is 8.02. The Morgan fingerprint density at radius 2 is 1.54 bits per heavy atom. The molecule has 148 valence electrons. The number of hydrogen-bond acceptors (Lipinski definition) is 5. The van der Waals surface area contributed by atoms with Crippen molar-refractivity contribution in [2.75, 3.05) is 41.8 Å². The second-order valence-electron chi connectivity index (χ2n) is 6.60. The first-order valence-electron chi connectivity index (χ1n) is 9.29. The first-order chi connectivity index (χ1) is 13.5. The highest BCUT2D eigenvalue weighted by atomic mass is 32.2. The zero-order valence-electron chi connectivity index (χ0n) is 16.1. The predicted octanol–water partition coefficient (Wildman–Crippen LogP) is 3.60. The maximum absolute atomic E-state index is 12.5. The average Bonchev–Trinajstić information content (AvgIpc) is 2.70. The Kier molecular flexibility index (Phi) is 6.95. The van der Waals surface area contributed by atoms with Crippen LogP contribution in [0.4, 0.5) is 17.1 Å². The molecular formula is C21H25N3O3S. The van der Waals surface area contributed by atoms with Gasteiger partial charge in [0.1, 0.15) is 0 Å². The van der Waals surface area contributed by atoms with E-state index in [0.29, 0.717) is 0 Å². The number of anilines is 3. The maximum atomic E-state index is 12.5. The highest BCUT2D eigenvalue weighted by Gasteiger charge is 2.15. The van der Waals surface area contributed by atoms with Crippen molar-refractivity contribution in [2.45, 2.75) is 24.0 Å². The van der Waals surface area contributed by atoms with Crippen LogP contribution >= 0.6 is 11.8 Å². The molecule has 2 N–H and O–H groups in total. The Labute approximate surface area is 169 Å². The van der Waals surface area contributed by atoms with Gasteiger partial charge >= 0.3 is 0 Å². The number of hydrogen-bond donors (Lipinski definition) is 2. The Hall–Kier alpha value is -2.51. The summed E-state index contributed by atoms with van der Waals surface area (Å²) in [4.78, 5) is 26.8. The van der Waals surface area contributed by atoms with Crippen LogP contribution in [0, 0.1) is 0 Å². The van der Waals surface area contributed by atoms with E-state index < -0.39 is 0 Å². The van der Waals surface area contributed by atoms with Gasteiger partial charge in [0.05, 0.1) is 18.5 Å². The molecule has 1 heterocycles. The largest absolute Gasteiger partial charge is 0.378 e. The average molecular weight is 400 g/mol. The van der Waals surface area contributed by atoms with E-state index >= 15 is 0 Å². The van der Waals surface area contributed by atoms with Crippen LogP contribution in [0.15, 0.2) is 53.4 Å². The second kappa shape index (κ2) is 9.61. The molecule has 0 spiro atoms. The van der Waals surface area contributed by atoms with Crippen LogP contribution in [0.1, 0.15) is 13.8 Å². The van der Waals surface area contributed by atoms with Crippen molar-refractivity contribution in [3.8, 4) is 0 Å². The van der Waals surface area contributed by atoms with Gasteiger partial charge in [-0.15, -0.1) is 11.8 Å². The minimum Gasteiger partial charge on any atom is -0.378 e. The lowest BCUT2D eigenvalue weighted by Crippen LogP contribution is -2.36. The number of carbonyl (C=O) groups excluding carboxylic acids is 2. The maximum Gasteiger partial charge on any atom is 0.237 e. The summed E-state index contributed by atoms with van der Waals surface area (Å²) in [5, 5.41) is 5.46. The van der Waals surface area contributed by atoms with Crippen molar-refractivity contribution in [2.24, 2.45) is 0 Å². The van der Waals surface area contributed by atoms with Gasteiger partial charge < -0.3 is 20.3 Å². The van der Waals surface area contributed by atoms with E-state index in [-0.39, 0.29) is 17.1 Å². The quantitative estimate of drug-likeness (QED) is 0.727. The summed E-state index contributed by atoms with van der Waals surface area (Å²) in [5.74, 6) is -0.150. The molecule has 1 fully saturated rings. The lowest BCUT2D eigenvalue weighted by Gasteiger charge is -2.28. The molecular weight excluding hydrogens is 374 g/mol. The van der Waals surface area contributed by atoms with Crippen molar-refractivity contribution < 1.29 is 14.3 Å². The molecule has 0 unspecified atom stereocenters. The molecule has 0 saturated carbocycles. The number of thioether (sulfide) groups is 1. The number of benzene rings is 2. The first-order valence-corrected chi connectivity index (χ1v) is 10.2. The summed E-state index contributed by atoms with van der Waals surface area (Å²) in [7, 11) is 0. The van der Waals surface area contributed by atoms with Gasteiger partial charge in [-0.1, -0.05) is 0 Å². The fourth-order valence-electron chi connectivity index (χ4n) is 2.90. The lowest BCUT2D eigenvalue weighted by atomic mass is 10.2. The van der Waals surface area contributed by atoms with Crippen LogP contribution in [0.2, 0.25) is 0 Å². The zero-order valence-corrected chi connectivity index (χ0v) is 16.9. The molecule has 28 heavy (non-hydrogen) atoms. The van der Waals surface area contributed by atoms with E-state index in [4.69, 9.17) is 4.74 Å². The van der Waals surface area contributed by atoms with Crippen LogP contribution in [0.3, 0.4) is 0 Å². The van der Waals surface area contributed by atoms with Gasteiger partial charge in [0.15, 0.2) is 0 Å². The number of ether oxygens (including phenoxy) is 1. The molecule has 2 amide bonds. The van der Waals surface area contributed by atoms with Gasteiger partial charge in [-0.05, 0) is 55.5 Å². The van der Waals surface area contributed by atoms with Crippen LogP contribution in [0.25, 0.3) is 0 Å². The van der Waals surface area contributed by atoms with Crippen molar-refractivity contribution in [3.63, 3.8) is 0 Å². The molecule has 7 heteroatoms.